The maximum absolute atomic E-state index is 9.64. The second-order valence-corrected chi connectivity index (χ2v) is 6.98. The van der Waals surface area contributed by atoms with Crippen LogP contribution in [0.1, 0.15) is 34.6 Å². The molecule has 0 fully saturated rings. The highest BCUT2D eigenvalue weighted by Gasteiger charge is 2.13. The standard InChI is InChI=1S/C11H25NOS/c1-9(2)6-12-7-10(13)8-14-11(3,4)5/h9-10,12-13H,6-8H2,1-5H3. The topological polar surface area (TPSA) is 32.3 Å². The zero-order chi connectivity index (χ0) is 11.2. The summed E-state index contributed by atoms with van der Waals surface area (Å²) in [6.45, 7) is 12.6. The molecule has 3 heteroatoms. The van der Waals surface area contributed by atoms with Crippen molar-refractivity contribution in [2.45, 2.75) is 45.5 Å². The van der Waals surface area contributed by atoms with Crippen LogP contribution in [0, 0.1) is 5.92 Å². The Bertz CT molecular complexity index is 143. The lowest BCUT2D eigenvalue weighted by Crippen LogP contribution is -2.31. The zero-order valence-corrected chi connectivity index (χ0v) is 10.9. The van der Waals surface area contributed by atoms with Crippen LogP contribution in [0.15, 0.2) is 0 Å². The first-order chi connectivity index (χ1) is 6.31. The molecule has 1 atom stereocenters. The fourth-order valence-corrected chi connectivity index (χ4v) is 1.75. The summed E-state index contributed by atoms with van der Waals surface area (Å²) in [6.07, 6.45) is -0.224. The molecule has 0 aromatic heterocycles. The molecule has 0 saturated heterocycles. The van der Waals surface area contributed by atoms with Crippen molar-refractivity contribution in [3.05, 3.63) is 0 Å². The van der Waals surface area contributed by atoms with Crippen LogP contribution in [-0.4, -0.2) is 34.8 Å². The molecule has 1 unspecified atom stereocenters. The Kier molecular flexibility index (Phi) is 6.83. The lowest BCUT2D eigenvalue weighted by atomic mass is 10.2. The molecule has 0 bridgehead atoms. The Morgan fingerprint density at radius 3 is 2.21 bits per heavy atom. The van der Waals surface area contributed by atoms with Crippen molar-refractivity contribution in [3.63, 3.8) is 0 Å². The quantitative estimate of drug-likeness (QED) is 0.718. The highest BCUT2D eigenvalue weighted by Crippen LogP contribution is 2.23. The van der Waals surface area contributed by atoms with Gasteiger partial charge in [-0.1, -0.05) is 34.6 Å². The van der Waals surface area contributed by atoms with Crippen LogP contribution in [-0.2, 0) is 0 Å². The molecular weight excluding hydrogens is 194 g/mol. The number of hydrogen-bond donors (Lipinski definition) is 2. The highest BCUT2D eigenvalue weighted by molar-refractivity contribution is 8.00. The van der Waals surface area contributed by atoms with Crippen molar-refractivity contribution in [2.75, 3.05) is 18.8 Å². The highest BCUT2D eigenvalue weighted by atomic mass is 32.2. The van der Waals surface area contributed by atoms with E-state index in [9.17, 15) is 5.11 Å². The van der Waals surface area contributed by atoms with E-state index in [4.69, 9.17) is 0 Å². The summed E-state index contributed by atoms with van der Waals surface area (Å²) in [4.78, 5) is 0. The minimum Gasteiger partial charge on any atom is -0.391 e. The maximum atomic E-state index is 9.64. The summed E-state index contributed by atoms with van der Waals surface area (Å²) in [7, 11) is 0. The first-order valence-corrected chi connectivity index (χ1v) is 6.32. The monoisotopic (exact) mass is 219 g/mol. The molecule has 0 aliphatic heterocycles. The molecule has 0 radical (unpaired) electrons. The van der Waals surface area contributed by atoms with Crippen LogP contribution in [0.4, 0.5) is 0 Å². The predicted octanol–water partition coefficient (Wildman–Crippen LogP) is 2.12. The second kappa shape index (κ2) is 6.70. The fraction of sp³-hybridized carbons (Fsp3) is 1.00. The Hall–Kier alpha value is 0.270. The molecule has 0 amide bonds. The largest absolute Gasteiger partial charge is 0.391 e. The molecule has 0 aliphatic rings. The molecule has 0 aliphatic carbocycles. The fourth-order valence-electron chi connectivity index (χ4n) is 0.944. The first kappa shape index (κ1) is 14.3. The molecule has 0 rings (SSSR count). The van der Waals surface area contributed by atoms with E-state index < -0.39 is 0 Å². The van der Waals surface area contributed by atoms with Crippen molar-refractivity contribution >= 4 is 11.8 Å². The normalized spacial score (nSPS) is 14.8. The molecule has 2 nitrogen and oxygen atoms in total. The molecule has 2 N–H and O–H groups in total. The van der Waals surface area contributed by atoms with Gasteiger partial charge in [-0.05, 0) is 12.5 Å². The third-order valence-corrected chi connectivity index (χ3v) is 3.06. The molecule has 0 spiro atoms. The van der Waals surface area contributed by atoms with E-state index in [1.165, 1.54) is 0 Å². The summed E-state index contributed by atoms with van der Waals surface area (Å²) >= 11 is 1.81. The van der Waals surface area contributed by atoms with Gasteiger partial charge in [0.1, 0.15) is 0 Å². The van der Waals surface area contributed by atoms with Crippen LogP contribution in [0.3, 0.4) is 0 Å². The first-order valence-electron chi connectivity index (χ1n) is 5.34. The Morgan fingerprint density at radius 2 is 1.79 bits per heavy atom. The van der Waals surface area contributed by atoms with Crippen LogP contribution in [0.2, 0.25) is 0 Å². The predicted molar refractivity (Wildman–Crippen MR) is 65.9 cm³/mol. The molecule has 86 valence electrons. The smallest absolute Gasteiger partial charge is 0.0755 e. The van der Waals surface area contributed by atoms with E-state index in [1.54, 1.807) is 0 Å². The third-order valence-electron chi connectivity index (χ3n) is 1.64. The van der Waals surface area contributed by atoms with E-state index >= 15 is 0 Å². The van der Waals surface area contributed by atoms with E-state index in [0.717, 1.165) is 12.3 Å². The Morgan fingerprint density at radius 1 is 1.21 bits per heavy atom. The van der Waals surface area contributed by atoms with Crippen molar-refractivity contribution in [3.8, 4) is 0 Å². The van der Waals surface area contributed by atoms with E-state index in [0.29, 0.717) is 12.5 Å². The van der Waals surface area contributed by atoms with Crippen molar-refractivity contribution in [2.24, 2.45) is 5.92 Å². The van der Waals surface area contributed by atoms with Crippen molar-refractivity contribution < 1.29 is 5.11 Å². The van der Waals surface area contributed by atoms with E-state index in [-0.39, 0.29) is 10.9 Å². The van der Waals surface area contributed by atoms with Gasteiger partial charge in [-0.3, -0.25) is 0 Å². The van der Waals surface area contributed by atoms with Gasteiger partial charge in [0.05, 0.1) is 6.10 Å². The SMILES string of the molecule is CC(C)CNCC(O)CSC(C)(C)C. The molecule has 0 aromatic rings. The minimum absolute atomic E-state index is 0.224. The zero-order valence-electron chi connectivity index (χ0n) is 10.1. The van der Waals surface area contributed by atoms with Crippen LogP contribution in [0.25, 0.3) is 0 Å². The van der Waals surface area contributed by atoms with Crippen LogP contribution >= 0.6 is 11.8 Å². The average Bonchev–Trinajstić information content (AvgIpc) is 1.99. The Labute approximate surface area is 92.9 Å². The maximum Gasteiger partial charge on any atom is 0.0755 e. The summed E-state index contributed by atoms with van der Waals surface area (Å²) in [5, 5.41) is 12.9. The van der Waals surface area contributed by atoms with Gasteiger partial charge in [0.15, 0.2) is 0 Å². The van der Waals surface area contributed by atoms with Gasteiger partial charge >= 0.3 is 0 Å². The van der Waals surface area contributed by atoms with Gasteiger partial charge in [0.2, 0.25) is 0 Å². The second-order valence-electron chi connectivity index (χ2n) is 5.13. The summed E-state index contributed by atoms with van der Waals surface area (Å²) in [5.74, 6) is 1.46. The molecule has 0 saturated carbocycles. The van der Waals surface area contributed by atoms with Crippen LogP contribution in [0.5, 0.6) is 0 Å². The third kappa shape index (κ3) is 10.4. The molecule has 0 aromatic carbocycles. The van der Waals surface area contributed by atoms with Crippen LogP contribution < -0.4 is 5.32 Å². The minimum atomic E-state index is -0.224. The molecule has 14 heavy (non-hydrogen) atoms. The van der Waals surface area contributed by atoms with Gasteiger partial charge in [-0.25, -0.2) is 0 Å². The van der Waals surface area contributed by atoms with Gasteiger partial charge in [0.25, 0.3) is 0 Å². The number of nitrogens with one attached hydrogen (secondary N) is 1. The number of hydrogen-bond acceptors (Lipinski definition) is 3. The van der Waals surface area contributed by atoms with Gasteiger partial charge < -0.3 is 10.4 Å². The summed E-state index contributed by atoms with van der Waals surface area (Å²) < 4.78 is 0.249. The number of aliphatic hydroxyl groups is 1. The van der Waals surface area contributed by atoms with E-state index in [1.807, 2.05) is 11.8 Å². The van der Waals surface area contributed by atoms with Gasteiger partial charge in [-0.2, -0.15) is 11.8 Å². The summed E-state index contributed by atoms with van der Waals surface area (Å²) in [6, 6.07) is 0. The number of thioether (sulfide) groups is 1. The number of aliphatic hydroxyl groups excluding tert-OH is 1. The lowest BCUT2D eigenvalue weighted by molar-refractivity contribution is 0.194. The number of rotatable bonds is 6. The molecular formula is C11H25NOS. The molecule has 0 heterocycles. The van der Waals surface area contributed by atoms with Gasteiger partial charge in [-0.15, -0.1) is 0 Å². The van der Waals surface area contributed by atoms with Crippen molar-refractivity contribution in [1.29, 1.82) is 0 Å². The lowest BCUT2D eigenvalue weighted by Gasteiger charge is -2.20. The van der Waals surface area contributed by atoms with E-state index in [2.05, 4.69) is 39.9 Å². The van der Waals surface area contributed by atoms with Crippen molar-refractivity contribution in [1.82, 2.24) is 5.32 Å². The summed E-state index contributed by atoms with van der Waals surface area (Å²) in [5.41, 5.74) is 0. The Balaban J connectivity index is 3.42. The van der Waals surface area contributed by atoms with Gasteiger partial charge in [0, 0.05) is 17.0 Å². The average molecular weight is 219 g/mol.